The number of aromatic nitrogens is 1. The Morgan fingerprint density at radius 3 is 2.38 bits per heavy atom. The van der Waals surface area contributed by atoms with Gasteiger partial charge >= 0.3 is 0 Å². The third-order valence-electron chi connectivity index (χ3n) is 10.3. The largest absolute Gasteiger partial charge is 0.383 e. The Bertz CT molecular complexity index is 2480. The predicted octanol–water partition coefficient (Wildman–Crippen LogP) is 11.9. The van der Waals surface area contributed by atoms with Crippen LogP contribution in [0.3, 0.4) is 0 Å². The molecule has 4 heteroatoms. The average Bonchev–Trinajstić information content (AvgIpc) is 3.26. The minimum Gasteiger partial charge on any atom is -0.383 e. The maximum atomic E-state index is 6.64. The minimum atomic E-state index is 0.0985. The number of nitrogens with zero attached hydrogens (tertiary/aromatic N) is 3. The molecule has 0 saturated heterocycles. The van der Waals surface area contributed by atoms with E-state index in [0.29, 0.717) is 18.2 Å². The standard InChI is InChI=1S/C52H46N4/c1-4-5-27-46(47-28-18-33-54-38(47)3)37(2)36-55-52(56-51(53)43-25-16-9-17-26-43)44-31-29-39(30-32-44)45-34-48(40-19-10-6-11-20-40)50(42-23-14-8-15-24-42)49(35-45)41-21-12-7-13-22-41/h4-14,16-21,23,25-35,37,41,46H,1,22,36H2,2-3H3,(H2,53,55,56)/b27-5-. The number of nitrogens with two attached hydrogens (primary N) is 1. The van der Waals surface area contributed by atoms with E-state index in [1.165, 1.54) is 22.3 Å². The van der Waals surface area contributed by atoms with Crippen LogP contribution in [0.25, 0.3) is 27.8 Å². The minimum absolute atomic E-state index is 0.0985. The molecule has 4 aromatic carbocycles. The lowest BCUT2D eigenvalue weighted by Crippen LogP contribution is -2.18. The van der Waals surface area contributed by atoms with Crippen molar-refractivity contribution >= 4 is 17.2 Å². The highest BCUT2D eigenvalue weighted by Gasteiger charge is 2.22. The lowest BCUT2D eigenvalue weighted by molar-refractivity contribution is 0.533. The van der Waals surface area contributed by atoms with Crippen molar-refractivity contribution in [1.82, 2.24) is 4.98 Å². The monoisotopic (exact) mass is 726 g/mol. The normalized spacial score (nSPS) is 16.2. The highest BCUT2D eigenvalue weighted by Crippen LogP contribution is 2.42. The summed E-state index contributed by atoms with van der Waals surface area (Å²) in [5.41, 5.74) is 25.2. The quantitative estimate of drug-likeness (QED) is 0.0602. The molecule has 1 heterocycles. The van der Waals surface area contributed by atoms with E-state index in [1.807, 2.05) is 66.9 Å². The molecule has 2 aliphatic carbocycles. The predicted molar refractivity (Wildman–Crippen MR) is 236 cm³/mol. The van der Waals surface area contributed by atoms with E-state index in [9.17, 15) is 0 Å². The summed E-state index contributed by atoms with van der Waals surface area (Å²) < 4.78 is 0. The molecule has 56 heavy (non-hydrogen) atoms. The number of allylic oxidation sites excluding steroid dienone is 11. The van der Waals surface area contributed by atoms with Crippen LogP contribution < -0.4 is 5.73 Å². The summed E-state index contributed by atoms with van der Waals surface area (Å²) in [4.78, 5) is 14.7. The SMILES string of the molecule is C=C/C=C\C(c1cccnc1C)C(C)C/N=C(\N=C(/N)c1ccccc1)c1ccc(-c2cc(-c3ccccc3)c(C3=C=C=CC=C3)c(C3C=CC=CC3)c2)cc1. The van der Waals surface area contributed by atoms with Gasteiger partial charge in [-0.3, -0.25) is 9.98 Å². The van der Waals surface area contributed by atoms with Gasteiger partial charge in [0, 0.05) is 52.5 Å². The molecule has 4 nitrogen and oxygen atoms in total. The van der Waals surface area contributed by atoms with Crippen LogP contribution >= 0.6 is 0 Å². The van der Waals surface area contributed by atoms with E-state index in [-0.39, 0.29) is 17.8 Å². The van der Waals surface area contributed by atoms with Gasteiger partial charge in [-0.05, 0) is 83.0 Å². The third-order valence-corrected chi connectivity index (χ3v) is 10.3. The Labute approximate surface area is 331 Å². The number of aryl methyl sites for hydroxylation is 1. The smallest absolute Gasteiger partial charge is 0.157 e. The number of aliphatic imine (C=N–C) groups is 2. The van der Waals surface area contributed by atoms with Crippen LogP contribution in [0.1, 0.15) is 58.7 Å². The molecule has 0 fully saturated rings. The zero-order valence-electron chi connectivity index (χ0n) is 32.0. The van der Waals surface area contributed by atoms with E-state index in [0.717, 1.165) is 45.5 Å². The van der Waals surface area contributed by atoms with Crippen molar-refractivity contribution in [2.24, 2.45) is 21.6 Å². The molecule has 3 atom stereocenters. The van der Waals surface area contributed by atoms with Crippen LogP contribution in [0.5, 0.6) is 0 Å². The van der Waals surface area contributed by atoms with Crippen LogP contribution in [0.4, 0.5) is 0 Å². The molecule has 2 aliphatic rings. The fraction of sp³-hybridized carbons (Fsp3) is 0.135. The summed E-state index contributed by atoms with van der Waals surface area (Å²) in [7, 11) is 0. The molecule has 5 aromatic rings. The van der Waals surface area contributed by atoms with Crippen LogP contribution in [-0.4, -0.2) is 23.2 Å². The molecule has 0 amide bonds. The zero-order chi connectivity index (χ0) is 38.7. The molecule has 2 N–H and O–H groups in total. The van der Waals surface area contributed by atoms with Crippen molar-refractivity contribution in [2.75, 3.05) is 6.54 Å². The van der Waals surface area contributed by atoms with E-state index >= 15 is 0 Å². The highest BCUT2D eigenvalue weighted by atomic mass is 15.0. The van der Waals surface area contributed by atoms with Gasteiger partial charge < -0.3 is 5.73 Å². The molecule has 1 aromatic heterocycles. The van der Waals surface area contributed by atoms with Gasteiger partial charge in [0.05, 0.1) is 0 Å². The van der Waals surface area contributed by atoms with E-state index in [1.54, 1.807) is 0 Å². The first-order valence-corrected chi connectivity index (χ1v) is 19.2. The first-order valence-electron chi connectivity index (χ1n) is 19.2. The number of amidine groups is 2. The first kappa shape index (κ1) is 37.5. The zero-order valence-corrected chi connectivity index (χ0v) is 32.0. The summed E-state index contributed by atoms with van der Waals surface area (Å²) >= 11 is 0. The summed E-state index contributed by atoms with van der Waals surface area (Å²) in [5, 5.41) is 0. The Morgan fingerprint density at radius 1 is 0.893 bits per heavy atom. The second-order valence-corrected chi connectivity index (χ2v) is 14.1. The van der Waals surface area contributed by atoms with Gasteiger partial charge in [-0.2, -0.15) is 0 Å². The third kappa shape index (κ3) is 8.75. The van der Waals surface area contributed by atoms with Crippen LogP contribution in [0.2, 0.25) is 0 Å². The molecule has 0 aliphatic heterocycles. The van der Waals surface area contributed by atoms with Crippen LogP contribution in [-0.2, 0) is 0 Å². The van der Waals surface area contributed by atoms with Crippen LogP contribution in [0, 0.1) is 12.8 Å². The lowest BCUT2D eigenvalue weighted by Gasteiger charge is -2.23. The van der Waals surface area contributed by atoms with Gasteiger partial charge in [0.2, 0.25) is 0 Å². The number of hydrogen-bond acceptors (Lipinski definition) is 2. The second kappa shape index (κ2) is 18.0. The molecule has 0 spiro atoms. The molecule has 274 valence electrons. The van der Waals surface area contributed by atoms with E-state index in [2.05, 4.69) is 146 Å². The maximum Gasteiger partial charge on any atom is 0.157 e. The van der Waals surface area contributed by atoms with Gasteiger partial charge in [0.25, 0.3) is 0 Å². The number of hydrogen-bond donors (Lipinski definition) is 1. The van der Waals surface area contributed by atoms with Crippen molar-refractivity contribution in [1.29, 1.82) is 0 Å². The molecule has 0 radical (unpaired) electrons. The number of benzene rings is 4. The number of rotatable bonds is 12. The lowest BCUT2D eigenvalue weighted by atomic mass is 9.80. The fourth-order valence-electron chi connectivity index (χ4n) is 7.36. The maximum absolute atomic E-state index is 6.64. The first-order chi connectivity index (χ1) is 27.5. The molecular weight excluding hydrogens is 681 g/mol. The molecule has 0 bridgehead atoms. The highest BCUT2D eigenvalue weighted by molar-refractivity contribution is 6.11. The number of pyridine rings is 1. The Balaban J connectivity index is 1.30. The Kier molecular flexibility index (Phi) is 12.0. The molecule has 3 unspecified atom stereocenters. The topological polar surface area (TPSA) is 63.6 Å². The van der Waals surface area contributed by atoms with Crippen molar-refractivity contribution in [2.45, 2.75) is 32.1 Å². The van der Waals surface area contributed by atoms with Crippen molar-refractivity contribution in [3.63, 3.8) is 0 Å². The van der Waals surface area contributed by atoms with Gasteiger partial charge in [-0.15, -0.1) is 0 Å². The van der Waals surface area contributed by atoms with Crippen molar-refractivity contribution < 1.29 is 0 Å². The molecular formula is C52H46N4. The average molecular weight is 727 g/mol. The van der Waals surface area contributed by atoms with E-state index in [4.69, 9.17) is 15.7 Å². The molecule has 7 rings (SSSR count). The van der Waals surface area contributed by atoms with Gasteiger partial charge in [-0.1, -0.05) is 165 Å². The summed E-state index contributed by atoms with van der Waals surface area (Å²) in [5.74, 6) is 1.48. The van der Waals surface area contributed by atoms with Crippen molar-refractivity contribution in [3.8, 4) is 22.3 Å². The Morgan fingerprint density at radius 2 is 1.68 bits per heavy atom. The van der Waals surface area contributed by atoms with Gasteiger partial charge in [0.1, 0.15) is 5.84 Å². The van der Waals surface area contributed by atoms with Crippen LogP contribution in [0.15, 0.2) is 204 Å². The van der Waals surface area contributed by atoms with Gasteiger partial charge in [-0.25, -0.2) is 4.99 Å². The Hall–Kier alpha value is -6.83. The summed E-state index contributed by atoms with van der Waals surface area (Å²) in [6, 6.07) is 37.8. The van der Waals surface area contributed by atoms with Gasteiger partial charge in [0.15, 0.2) is 5.84 Å². The summed E-state index contributed by atoms with van der Waals surface area (Å²) in [6.45, 7) is 8.71. The second-order valence-electron chi connectivity index (χ2n) is 14.1. The van der Waals surface area contributed by atoms with Crippen molar-refractivity contribution in [3.05, 3.63) is 228 Å². The fourth-order valence-corrected chi connectivity index (χ4v) is 7.36. The molecule has 0 saturated carbocycles. The summed E-state index contributed by atoms with van der Waals surface area (Å²) in [6.07, 6.45) is 23.7. The van der Waals surface area contributed by atoms with E-state index < -0.39 is 0 Å².